The lowest BCUT2D eigenvalue weighted by atomic mass is 10.1. The molecule has 41 heavy (non-hydrogen) atoms. The van der Waals surface area contributed by atoms with Crippen LogP contribution in [0.5, 0.6) is 0 Å². The highest BCUT2D eigenvalue weighted by atomic mass is 79.9. The summed E-state index contributed by atoms with van der Waals surface area (Å²) in [6.45, 7) is 0. The smallest absolute Gasteiger partial charge is 0.267 e. The van der Waals surface area contributed by atoms with Crippen molar-refractivity contribution in [1.82, 2.24) is 0 Å². The van der Waals surface area contributed by atoms with Crippen LogP contribution in [0.3, 0.4) is 0 Å². The first-order valence-corrected chi connectivity index (χ1v) is 16.3. The van der Waals surface area contributed by atoms with Crippen LogP contribution < -0.4 is 9.80 Å². The Hall–Kier alpha value is -2.97. The molecule has 0 unspecified atom stereocenters. The quantitative estimate of drug-likeness (QED) is 0.202. The largest absolute Gasteiger partial charge is 0.268 e. The molecule has 0 radical (unpaired) electrons. The molecule has 0 spiro atoms. The molecule has 0 fully saturated rings. The van der Waals surface area contributed by atoms with Gasteiger partial charge in [-0.05, 0) is 137 Å². The van der Waals surface area contributed by atoms with E-state index in [1.807, 2.05) is 0 Å². The summed E-state index contributed by atoms with van der Waals surface area (Å²) >= 11 is 13.3. The van der Waals surface area contributed by atoms with Gasteiger partial charge < -0.3 is 0 Å². The van der Waals surface area contributed by atoms with Crippen molar-refractivity contribution in [1.29, 1.82) is 0 Å². The van der Waals surface area contributed by atoms with Crippen molar-refractivity contribution in [2.24, 2.45) is 0 Å². The molecule has 0 saturated carbocycles. The molecule has 0 N–H and O–H groups in total. The summed E-state index contributed by atoms with van der Waals surface area (Å²) in [6, 6.07) is 17.2. The van der Waals surface area contributed by atoms with Crippen LogP contribution in [0.15, 0.2) is 100 Å². The molecule has 2 heterocycles. The fourth-order valence-electron chi connectivity index (χ4n) is 4.68. The van der Waals surface area contributed by atoms with E-state index in [2.05, 4.69) is 63.7 Å². The summed E-state index contributed by atoms with van der Waals surface area (Å²) < 4.78 is 28.9. The third-order valence-corrected chi connectivity index (χ3v) is 12.5. The van der Waals surface area contributed by atoms with E-state index in [0.717, 1.165) is 9.80 Å². The number of carbonyl (C=O) groups excluding carboxylic acids is 4. The van der Waals surface area contributed by atoms with Gasteiger partial charge in [-0.2, -0.15) is 0 Å². The normalized spacial score (nSPS) is 14.6. The number of hydrogen-bond donors (Lipinski definition) is 0. The Morgan fingerprint density at radius 1 is 0.463 bits per heavy atom. The second kappa shape index (κ2) is 10.1. The second-order valence-electron chi connectivity index (χ2n) is 8.95. The Morgan fingerprint density at radius 3 is 1.15 bits per heavy atom. The zero-order valence-electron chi connectivity index (χ0n) is 20.2. The Balaban J connectivity index is 1.27. The average Bonchev–Trinajstić information content (AvgIpc) is 3.37. The van der Waals surface area contributed by atoms with Crippen LogP contribution in [0, 0.1) is 0 Å². The summed E-state index contributed by atoms with van der Waals surface area (Å²) in [6.07, 6.45) is 0. The SMILES string of the molecule is O=C1c2ccc(Br)c(Br)c2C(=O)N1c1ccc(S(=O)(=O)c2ccc(N3C(=O)c4ccc(Br)c(Br)c4C3=O)cc2)cc1. The van der Waals surface area contributed by atoms with Crippen LogP contribution in [0.1, 0.15) is 41.4 Å². The third-order valence-electron chi connectivity index (χ3n) is 6.70. The van der Waals surface area contributed by atoms with Crippen LogP contribution in [0.2, 0.25) is 0 Å². The lowest BCUT2D eigenvalue weighted by Crippen LogP contribution is -2.29. The van der Waals surface area contributed by atoms with Gasteiger partial charge in [0.15, 0.2) is 0 Å². The first-order valence-electron chi connectivity index (χ1n) is 11.6. The van der Waals surface area contributed by atoms with E-state index in [0.29, 0.717) is 17.9 Å². The molecule has 0 bridgehead atoms. The van der Waals surface area contributed by atoms with E-state index < -0.39 is 33.5 Å². The Kier molecular flexibility index (Phi) is 6.93. The lowest BCUT2D eigenvalue weighted by molar-refractivity contribution is 0.0910. The minimum Gasteiger partial charge on any atom is -0.268 e. The van der Waals surface area contributed by atoms with Crippen molar-refractivity contribution in [3.63, 3.8) is 0 Å². The molecule has 204 valence electrons. The predicted molar refractivity (Wildman–Crippen MR) is 164 cm³/mol. The third kappa shape index (κ3) is 4.28. The number of anilines is 2. The molecular formula is C28H12Br4N2O6S. The summed E-state index contributed by atoms with van der Waals surface area (Å²) in [7, 11) is -4.01. The maximum atomic E-state index is 13.4. The molecule has 0 aromatic heterocycles. The van der Waals surface area contributed by atoms with Gasteiger partial charge in [-0.25, -0.2) is 18.2 Å². The van der Waals surface area contributed by atoms with Crippen molar-refractivity contribution in [3.05, 3.63) is 113 Å². The highest BCUT2D eigenvalue weighted by Gasteiger charge is 2.40. The predicted octanol–water partition coefficient (Wildman–Crippen LogP) is 7.17. The summed E-state index contributed by atoms with van der Waals surface area (Å²) in [4.78, 5) is 53.9. The number of nitrogens with zero attached hydrogens (tertiary/aromatic N) is 2. The van der Waals surface area contributed by atoms with E-state index in [1.54, 1.807) is 24.3 Å². The number of carbonyl (C=O) groups is 4. The van der Waals surface area contributed by atoms with Crippen LogP contribution >= 0.6 is 63.7 Å². The molecule has 0 saturated heterocycles. The summed E-state index contributed by atoms with van der Waals surface area (Å²) in [5.41, 5.74) is 1.35. The first-order chi connectivity index (χ1) is 19.4. The van der Waals surface area contributed by atoms with Gasteiger partial charge in [0, 0.05) is 17.9 Å². The van der Waals surface area contributed by atoms with E-state index >= 15 is 0 Å². The second-order valence-corrected chi connectivity index (χ2v) is 14.2. The molecule has 2 aliphatic heterocycles. The number of benzene rings is 4. The molecule has 4 amide bonds. The van der Waals surface area contributed by atoms with Crippen LogP contribution in [-0.2, 0) is 9.84 Å². The molecule has 2 aliphatic rings. The minimum absolute atomic E-state index is 0.0657. The fourth-order valence-corrected chi connectivity index (χ4v) is 7.63. The Bertz CT molecular complexity index is 1840. The zero-order chi connectivity index (χ0) is 29.4. The lowest BCUT2D eigenvalue weighted by Gasteiger charge is -2.16. The van der Waals surface area contributed by atoms with Gasteiger partial charge in [-0.15, -0.1) is 0 Å². The van der Waals surface area contributed by atoms with Crippen molar-refractivity contribution in [2.45, 2.75) is 9.79 Å². The topological polar surface area (TPSA) is 109 Å². The number of amides is 4. The molecule has 0 atom stereocenters. The summed E-state index contributed by atoms with van der Waals surface area (Å²) in [5.74, 6) is -2.09. The van der Waals surface area contributed by atoms with Gasteiger partial charge in [-0.1, -0.05) is 0 Å². The highest BCUT2D eigenvalue weighted by Crippen LogP contribution is 2.39. The van der Waals surface area contributed by atoms with Gasteiger partial charge in [-0.3, -0.25) is 19.2 Å². The van der Waals surface area contributed by atoms with Gasteiger partial charge in [0.05, 0.1) is 43.4 Å². The monoisotopic (exact) mass is 820 g/mol. The molecule has 6 rings (SSSR count). The standard InChI is InChI=1S/C28H12Br4N2O6S/c29-19-11-9-17-21(23(19)31)27(37)33(25(17)35)13-1-5-15(6-2-13)41(39,40)16-7-3-14(4-8-16)34-26(36)18-10-12-20(30)24(32)22(18)28(34)38/h1-12H. The van der Waals surface area contributed by atoms with Crippen molar-refractivity contribution in [2.75, 3.05) is 9.80 Å². The maximum Gasteiger partial charge on any atom is 0.267 e. The molecular weight excluding hydrogens is 812 g/mol. The summed E-state index contributed by atoms with van der Waals surface area (Å²) in [5, 5.41) is 0. The zero-order valence-corrected chi connectivity index (χ0v) is 27.4. The van der Waals surface area contributed by atoms with Crippen molar-refractivity contribution in [3.8, 4) is 0 Å². The van der Waals surface area contributed by atoms with Crippen LogP contribution in [0.25, 0.3) is 0 Å². The fraction of sp³-hybridized carbons (Fsp3) is 0. The van der Waals surface area contributed by atoms with E-state index in [1.165, 1.54) is 48.5 Å². The molecule has 4 aromatic rings. The van der Waals surface area contributed by atoms with Gasteiger partial charge >= 0.3 is 0 Å². The molecule has 0 aliphatic carbocycles. The van der Waals surface area contributed by atoms with Gasteiger partial charge in [0.25, 0.3) is 23.6 Å². The van der Waals surface area contributed by atoms with E-state index in [9.17, 15) is 27.6 Å². The number of hydrogen-bond acceptors (Lipinski definition) is 6. The van der Waals surface area contributed by atoms with Crippen molar-refractivity contribution >= 4 is 109 Å². The number of fused-ring (bicyclic) bond motifs is 2. The number of sulfone groups is 1. The first kappa shape index (κ1) is 28.2. The number of imide groups is 2. The van der Waals surface area contributed by atoms with Crippen LogP contribution in [0.4, 0.5) is 11.4 Å². The minimum atomic E-state index is -4.01. The van der Waals surface area contributed by atoms with Crippen LogP contribution in [-0.4, -0.2) is 32.0 Å². The van der Waals surface area contributed by atoms with E-state index in [4.69, 9.17) is 0 Å². The van der Waals surface area contributed by atoms with Gasteiger partial charge in [0.1, 0.15) is 0 Å². The van der Waals surface area contributed by atoms with Gasteiger partial charge in [0.2, 0.25) is 9.84 Å². The van der Waals surface area contributed by atoms with E-state index in [-0.39, 0.29) is 43.4 Å². The number of halogens is 4. The van der Waals surface area contributed by atoms with Crippen molar-refractivity contribution < 1.29 is 27.6 Å². The maximum absolute atomic E-state index is 13.4. The average molecular weight is 824 g/mol. The Morgan fingerprint density at radius 2 is 0.805 bits per heavy atom. The molecule has 13 heteroatoms. The Labute approximate surface area is 266 Å². The molecule has 4 aromatic carbocycles. The highest BCUT2D eigenvalue weighted by molar-refractivity contribution is 9.13. The number of rotatable bonds is 4. The molecule has 8 nitrogen and oxygen atoms in total.